The summed E-state index contributed by atoms with van der Waals surface area (Å²) in [5.74, 6) is 1.80. The predicted molar refractivity (Wildman–Crippen MR) is 75.1 cm³/mol. The zero-order chi connectivity index (χ0) is 13.3. The summed E-state index contributed by atoms with van der Waals surface area (Å²) in [6.45, 7) is 5.09. The van der Waals surface area contributed by atoms with Crippen LogP contribution in [-0.4, -0.2) is 11.5 Å². The van der Waals surface area contributed by atoms with Gasteiger partial charge >= 0.3 is 0 Å². The monoisotopic (exact) mass is 256 g/mol. The van der Waals surface area contributed by atoms with Crippen LogP contribution in [0, 0.1) is 0 Å². The number of nitrogens with one attached hydrogen (secondary N) is 1. The molecule has 100 valence electrons. The van der Waals surface area contributed by atoms with Crippen LogP contribution in [0.1, 0.15) is 49.9 Å². The lowest BCUT2D eigenvalue weighted by molar-refractivity contribution is 0.385. The Bertz CT molecular complexity index is 543. The van der Waals surface area contributed by atoms with Crippen LogP contribution in [0.2, 0.25) is 0 Å². The quantitative estimate of drug-likeness (QED) is 0.890. The van der Waals surface area contributed by atoms with Gasteiger partial charge in [0.15, 0.2) is 0 Å². The van der Waals surface area contributed by atoms with Gasteiger partial charge in [0.05, 0.1) is 17.7 Å². The predicted octanol–water partition coefficient (Wildman–Crippen LogP) is 3.43. The Hall–Kier alpha value is -1.61. The molecule has 3 rings (SSSR count). The fourth-order valence-corrected chi connectivity index (χ4v) is 2.66. The van der Waals surface area contributed by atoms with Crippen molar-refractivity contribution in [3.05, 3.63) is 53.7 Å². The van der Waals surface area contributed by atoms with Crippen molar-refractivity contribution in [3.8, 4) is 0 Å². The van der Waals surface area contributed by atoms with E-state index in [-0.39, 0.29) is 11.5 Å². The molecule has 1 fully saturated rings. The lowest BCUT2D eigenvalue weighted by Gasteiger charge is -2.12. The minimum atomic E-state index is 0.0818. The van der Waals surface area contributed by atoms with Crippen molar-refractivity contribution in [2.24, 2.45) is 0 Å². The third-order valence-electron chi connectivity index (χ3n) is 3.95. The number of hydrogen-bond donors (Lipinski definition) is 1. The molecule has 3 nitrogen and oxygen atoms in total. The van der Waals surface area contributed by atoms with E-state index < -0.39 is 0 Å². The molecule has 0 spiro atoms. The molecule has 19 heavy (non-hydrogen) atoms. The molecule has 0 bridgehead atoms. The van der Waals surface area contributed by atoms with Crippen molar-refractivity contribution >= 4 is 0 Å². The number of oxazole rings is 1. The Labute approximate surface area is 114 Å². The highest BCUT2D eigenvalue weighted by Gasteiger charge is 2.49. The van der Waals surface area contributed by atoms with Crippen molar-refractivity contribution in [3.63, 3.8) is 0 Å². The van der Waals surface area contributed by atoms with Gasteiger partial charge < -0.3 is 9.73 Å². The third-order valence-corrected chi connectivity index (χ3v) is 3.95. The van der Waals surface area contributed by atoms with Gasteiger partial charge in [0, 0.05) is 0 Å². The second-order valence-electron chi connectivity index (χ2n) is 5.29. The van der Waals surface area contributed by atoms with E-state index in [2.05, 4.69) is 54.5 Å². The number of hydrogen-bond acceptors (Lipinski definition) is 3. The summed E-state index contributed by atoms with van der Waals surface area (Å²) in [6, 6.07) is 10.8. The molecule has 1 aliphatic carbocycles. The van der Waals surface area contributed by atoms with E-state index in [1.54, 1.807) is 0 Å². The molecule has 1 heterocycles. The van der Waals surface area contributed by atoms with Gasteiger partial charge in [0.1, 0.15) is 5.76 Å². The van der Waals surface area contributed by atoms with Crippen LogP contribution in [0.3, 0.4) is 0 Å². The third kappa shape index (κ3) is 2.19. The molecule has 3 heteroatoms. The normalized spacial score (nSPS) is 18.2. The lowest BCUT2D eigenvalue weighted by atomic mass is 9.94. The SMILES string of the molecule is CCNC(C)c1ncc(C2(c3ccccc3)CC2)o1. The summed E-state index contributed by atoms with van der Waals surface area (Å²) in [5.41, 5.74) is 1.42. The van der Waals surface area contributed by atoms with E-state index >= 15 is 0 Å². The molecule has 0 radical (unpaired) electrons. The highest BCUT2D eigenvalue weighted by Crippen LogP contribution is 2.53. The summed E-state index contributed by atoms with van der Waals surface area (Å²) in [7, 11) is 0. The maximum Gasteiger partial charge on any atom is 0.211 e. The van der Waals surface area contributed by atoms with E-state index in [0.29, 0.717) is 0 Å². The first kappa shape index (κ1) is 12.4. The van der Waals surface area contributed by atoms with Crippen LogP contribution in [0.15, 0.2) is 40.9 Å². The molecule has 1 unspecified atom stereocenters. The largest absolute Gasteiger partial charge is 0.443 e. The molecule has 0 amide bonds. The Morgan fingerprint density at radius 3 is 2.68 bits per heavy atom. The summed E-state index contributed by atoms with van der Waals surface area (Å²) >= 11 is 0. The van der Waals surface area contributed by atoms with Crippen LogP contribution < -0.4 is 5.32 Å². The van der Waals surface area contributed by atoms with Gasteiger partial charge in [-0.3, -0.25) is 0 Å². The van der Waals surface area contributed by atoms with Crippen LogP contribution in [0.5, 0.6) is 0 Å². The number of nitrogens with zero attached hydrogens (tertiary/aromatic N) is 1. The Balaban J connectivity index is 1.87. The molecule has 1 aliphatic rings. The van der Waals surface area contributed by atoms with E-state index in [1.165, 1.54) is 5.56 Å². The van der Waals surface area contributed by atoms with Gasteiger partial charge in [-0.15, -0.1) is 0 Å². The summed E-state index contributed by atoms with van der Waals surface area (Å²) in [5, 5.41) is 3.33. The highest BCUT2D eigenvalue weighted by molar-refractivity contribution is 5.39. The molecular formula is C16H20N2O. The molecule has 2 aromatic rings. The van der Waals surface area contributed by atoms with Crippen molar-refractivity contribution in [1.82, 2.24) is 10.3 Å². The molecule has 1 aromatic heterocycles. The van der Waals surface area contributed by atoms with Crippen LogP contribution >= 0.6 is 0 Å². The van der Waals surface area contributed by atoms with Gasteiger partial charge in [-0.25, -0.2) is 4.98 Å². The zero-order valence-electron chi connectivity index (χ0n) is 11.5. The number of aromatic nitrogens is 1. The highest BCUT2D eigenvalue weighted by atomic mass is 16.4. The fourth-order valence-electron chi connectivity index (χ4n) is 2.66. The van der Waals surface area contributed by atoms with E-state index in [9.17, 15) is 0 Å². The molecule has 1 aromatic carbocycles. The standard InChI is InChI=1S/C16H20N2O/c1-3-17-12(2)15-18-11-14(19-15)16(9-10-16)13-7-5-4-6-8-13/h4-8,11-12,17H,3,9-10H2,1-2H3. The van der Waals surface area contributed by atoms with Gasteiger partial charge in [0.25, 0.3) is 0 Å². The molecule has 0 saturated heterocycles. The maximum absolute atomic E-state index is 6.01. The zero-order valence-corrected chi connectivity index (χ0v) is 11.5. The first-order valence-electron chi connectivity index (χ1n) is 7.01. The van der Waals surface area contributed by atoms with E-state index in [1.807, 2.05) is 6.20 Å². The van der Waals surface area contributed by atoms with Gasteiger partial charge in [-0.05, 0) is 31.9 Å². The Kier molecular flexibility index (Phi) is 3.15. The van der Waals surface area contributed by atoms with Gasteiger partial charge in [0.2, 0.25) is 5.89 Å². The van der Waals surface area contributed by atoms with Crippen molar-refractivity contribution in [2.75, 3.05) is 6.54 Å². The average molecular weight is 256 g/mol. The van der Waals surface area contributed by atoms with Crippen LogP contribution in [0.4, 0.5) is 0 Å². The second kappa shape index (κ2) is 4.82. The second-order valence-corrected chi connectivity index (χ2v) is 5.29. The Morgan fingerprint density at radius 2 is 2.05 bits per heavy atom. The van der Waals surface area contributed by atoms with E-state index in [4.69, 9.17) is 4.42 Å². The van der Waals surface area contributed by atoms with Crippen LogP contribution in [0.25, 0.3) is 0 Å². The first-order chi connectivity index (χ1) is 9.26. The fraction of sp³-hybridized carbons (Fsp3) is 0.438. The summed E-state index contributed by atoms with van der Waals surface area (Å²) < 4.78 is 6.01. The average Bonchev–Trinajstić information content (AvgIpc) is 3.10. The molecule has 1 N–H and O–H groups in total. The van der Waals surface area contributed by atoms with Crippen molar-refractivity contribution < 1.29 is 4.42 Å². The summed E-state index contributed by atoms with van der Waals surface area (Å²) in [4.78, 5) is 4.44. The van der Waals surface area contributed by atoms with Crippen molar-refractivity contribution in [1.29, 1.82) is 0 Å². The molecule has 1 saturated carbocycles. The first-order valence-corrected chi connectivity index (χ1v) is 7.01. The topological polar surface area (TPSA) is 38.1 Å². The van der Waals surface area contributed by atoms with E-state index in [0.717, 1.165) is 31.0 Å². The maximum atomic E-state index is 6.01. The lowest BCUT2D eigenvalue weighted by Crippen LogP contribution is -2.17. The molecular weight excluding hydrogens is 236 g/mol. The minimum absolute atomic E-state index is 0.0818. The molecule has 1 atom stereocenters. The van der Waals surface area contributed by atoms with Gasteiger partial charge in [-0.1, -0.05) is 37.3 Å². The Morgan fingerprint density at radius 1 is 1.32 bits per heavy atom. The molecule has 0 aliphatic heterocycles. The minimum Gasteiger partial charge on any atom is -0.443 e. The van der Waals surface area contributed by atoms with Crippen LogP contribution in [-0.2, 0) is 5.41 Å². The van der Waals surface area contributed by atoms with Gasteiger partial charge in [-0.2, -0.15) is 0 Å². The van der Waals surface area contributed by atoms with Crippen molar-refractivity contribution in [2.45, 2.75) is 38.1 Å². The smallest absolute Gasteiger partial charge is 0.211 e. The number of benzene rings is 1. The summed E-state index contributed by atoms with van der Waals surface area (Å²) in [6.07, 6.45) is 4.21. The number of rotatable bonds is 5.